The van der Waals surface area contributed by atoms with Gasteiger partial charge in [0.15, 0.2) is 5.76 Å². The number of carbonyl (C=O) groups is 2. The first-order chi connectivity index (χ1) is 10.5. The molecular formula is C15H19N3O3S. The molecule has 0 aliphatic carbocycles. The van der Waals surface area contributed by atoms with E-state index in [9.17, 15) is 9.59 Å². The Kier molecular flexibility index (Phi) is 5.32. The molecule has 0 saturated carbocycles. The fraction of sp³-hybridized carbons (Fsp3) is 0.400. The predicted octanol–water partition coefficient (Wildman–Crippen LogP) is 2.15. The average molecular weight is 321 g/mol. The summed E-state index contributed by atoms with van der Waals surface area (Å²) in [5.41, 5.74) is 2.56. The number of hydrogen-bond acceptors (Lipinski definition) is 5. The smallest absolute Gasteiger partial charge is 0.287 e. The van der Waals surface area contributed by atoms with E-state index in [-0.39, 0.29) is 23.5 Å². The summed E-state index contributed by atoms with van der Waals surface area (Å²) in [7, 11) is 1.70. The molecule has 0 aliphatic heterocycles. The highest BCUT2D eigenvalue weighted by atomic mass is 32.1. The van der Waals surface area contributed by atoms with Gasteiger partial charge in [-0.2, -0.15) is 0 Å². The molecule has 2 rings (SSSR count). The molecule has 0 bridgehead atoms. The molecule has 2 aromatic heterocycles. The van der Waals surface area contributed by atoms with Gasteiger partial charge in [-0.15, -0.1) is 11.3 Å². The molecule has 1 N–H and O–H groups in total. The lowest BCUT2D eigenvalue weighted by molar-refractivity contribution is -0.133. The minimum atomic E-state index is -0.610. The number of amides is 2. The van der Waals surface area contributed by atoms with Crippen LogP contribution in [0.2, 0.25) is 0 Å². The van der Waals surface area contributed by atoms with E-state index < -0.39 is 6.04 Å². The number of furan rings is 1. The molecule has 0 saturated heterocycles. The van der Waals surface area contributed by atoms with Crippen molar-refractivity contribution in [3.05, 3.63) is 40.7 Å². The number of rotatable bonds is 6. The molecule has 0 aliphatic rings. The summed E-state index contributed by atoms with van der Waals surface area (Å²) in [6.07, 6.45) is 1.43. The van der Waals surface area contributed by atoms with Crippen molar-refractivity contribution < 1.29 is 14.0 Å². The minimum Gasteiger partial charge on any atom is -0.459 e. The fourth-order valence-corrected chi connectivity index (χ4v) is 2.56. The topological polar surface area (TPSA) is 75.4 Å². The molecule has 118 valence electrons. The Morgan fingerprint density at radius 2 is 2.23 bits per heavy atom. The van der Waals surface area contributed by atoms with Crippen LogP contribution in [0.5, 0.6) is 0 Å². The molecule has 2 aromatic rings. The van der Waals surface area contributed by atoms with Gasteiger partial charge >= 0.3 is 0 Å². The Hall–Kier alpha value is -2.15. The van der Waals surface area contributed by atoms with Crippen LogP contribution < -0.4 is 5.32 Å². The standard InChI is InChI=1S/C15H19N3O3S/c1-10(2)13(17-14(19)12-5-4-6-21-12)15(20)18(3)7-11-8-22-9-16-11/h4-6,8-10,13H,7H2,1-3H3,(H,17,19). The van der Waals surface area contributed by atoms with E-state index in [1.165, 1.54) is 17.6 Å². The zero-order chi connectivity index (χ0) is 16.1. The summed E-state index contributed by atoms with van der Waals surface area (Å²) in [6.45, 7) is 4.20. The van der Waals surface area contributed by atoms with Crippen molar-refractivity contribution in [3.63, 3.8) is 0 Å². The van der Waals surface area contributed by atoms with E-state index in [4.69, 9.17) is 4.42 Å². The zero-order valence-electron chi connectivity index (χ0n) is 12.8. The number of thiazole rings is 1. The Balaban J connectivity index is 2.03. The van der Waals surface area contributed by atoms with Gasteiger partial charge in [-0.25, -0.2) is 4.98 Å². The van der Waals surface area contributed by atoms with Crippen molar-refractivity contribution in [2.75, 3.05) is 7.05 Å². The summed E-state index contributed by atoms with van der Waals surface area (Å²) < 4.78 is 5.06. The highest BCUT2D eigenvalue weighted by Crippen LogP contribution is 2.11. The van der Waals surface area contributed by atoms with Gasteiger partial charge in [-0.1, -0.05) is 13.8 Å². The lowest BCUT2D eigenvalue weighted by atomic mass is 10.0. The first-order valence-electron chi connectivity index (χ1n) is 6.95. The Labute approximate surface area is 133 Å². The maximum Gasteiger partial charge on any atom is 0.287 e. The van der Waals surface area contributed by atoms with Crippen LogP contribution in [0, 0.1) is 5.92 Å². The summed E-state index contributed by atoms with van der Waals surface area (Å²) in [5, 5.41) is 4.64. The Morgan fingerprint density at radius 3 is 2.77 bits per heavy atom. The van der Waals surface area contributed by atoms with Crippen LogP contribution >= 0.6 is 11.3 Å². The molecule has 0 spiro atoms. The Bertz CT molecular complexity index is 608. The van der Waals surface area contributed by atoms with Crippen molar-refractivity contribution >= 4 is 23.2 Å². The van der Waals surface area contributed by atoms with Crippen LogP contribution in [0.1, 0.15) is 30.1 Å². The van der Waals surface area contributed by atoms with Crippen LogP contribution in [0.3, 0.4) is 0 Å². The lowest BCUT2D eigenvalue weighted by Crippen LogP contribution is -2.50. The number of nitrogens with one attached hydrogen (secondary N) is 1. The van der Waals surface area contributed by atoms with E-state index >= 15 is 0 Å². The molecule has 1 atom stereocenters. The van der Waals surface area contributed by atoms with Gasteiger partial charge in [-0.3, -0.25) is 9.59 Å². The van der Waals surface area contributed by atoms with Gasteiger partial charge in [0.2, 0.25) is 5.91 Å². The summed E-state index contributed by atoms with van der Waals surface area (Å²) >= 11 is 1.49. The Morgan fingerprint density at radius 1 is 1.45 bits per heavy atom. The summed E-state index contributed by atoms with van der Waals surface area (Å²) in [6, 6.07) is 2.59. The molecular weight excluding hydrogens is 302 g/mol. The van der Waals surface area contributed by atoms with E-state index in [1.54, 1.807) is 29.6 Å². The van der Waals surface area contributed by atoms with Crippen LogP contribution in [0.15, 0.2) is 33.7 Å². The maximum absolute atomic E-state index is 12.6. The van der Waals surface area contributed by atoms with E-state index in [0.29, 0.717) is 6.54 Å². The molecule has 1 unspecified atom stereocenters. The molecule has 0 radical (unpaired) electrons. The second-order valence-electron chi connectivity index (χ2n) is 5.35. The molecule has 0 aromatic carbocycles. The average Bonchev–Trinajstić information content (AvgIpc) is 3.16. The van der Waals surface area contributed by atoms with E-state index in [2.05, 4.69) is 10.3 Å². The fourth-order valence-electron chi connectivity index (χ4n) is 2.01. The van der Waals surface area contributed by atoms with Crippen LogP contribution in [0.25, 0.3) is 0 Å². The third-order valence-corrected chi connectivity index (χ3v) is 3.86. The molecule has 0 fully saturated rings. The monoisotopic (exact) mass is 321 g/mol. The van der Waals surface area contributed by atoms with Gasteiger partial charge < -0.3 is 14.6 Å². The van der Waals surface area contributed by atoms with Crippen molar-refractivity contribution in [2.24, 2.45) is 5.92 Å². The largest absolute Gasteiger partial charge is 0.459 e. The number of likely N-dealkylation sites (N-methyl/N-ethyl adjacent to an activating group) is 1. The van der Waals surface area contributed by atoms with E-state index in [1.807, 2.05) is 19.2 Å². The van der Waals surface area contributed by atoms with Crippen molar-refractivity contribution in [3.8, 4) is 0 Å². The number of hydrogen-bond donors (Lipinski definition) is 1. The first-order valence-corrected chi connectivity index (χ1v) is 7.89. The number of carbonyl (C=O) groups excluding carboxylic acids is 2. The SMILES string of the molecule is CC(C)C(NC(=O)c1ccco1)C(=O)N(C)Cc1cscn1. The van der Waals surface area contributed by atoms with Crippen LogP contribution in [-0.4, -0.2) is 34.8 Å². The maximum atomic E-state index is 12.6. The highest BCUT2D eigenvalue weighted by molar-refractivity contribution is 7.07. The van der Waals surface area contributed by atoms with Gasteiger partial charge in [0.05, 0.1) is 24.0 Å². The molecule has 2 heterocycles. The highest BCUT2D eigenvalue weighted by Gasteiger charge is 2.28. The number of nitrogens with zero attached hydrogens (tertiary/aromatic N) is 2. The minimum absolute atomic E-state index is 0.0377. The van der Waals surface area contributed by atoms with Gasteiger partial charge in [0.1, 0.15) is 6.04 Å². The molecule has 6 nitrogen and oxygen atoms in total. The van der Waals surface area contributed by atoms with Crippen LogP contribution in [0.4, 0.5) is 0 Å². The van der Waals surface area contributed by atoms with E-state index in [0.717, 1.165) is 5.69 Å². The molecule has 7 heteroatoms. The normalized spacial score (nSPS) is 12.2. The van der Waals surface area contributed by atoms with Gasteiger partial charge in [-0.05, 0) is 18.1 Å². The van der Waals surface area contributed by atoms with Crippen molar-refractivity contribution in [1.29, 1.82) is 0 Å². The first kappa shape index (κ1) is 16.2. The van der Waals surface area contributed by atoms with Gasteiger partial charge in [0.25, 0.3) is 5.91 Å². The zero-order valence-corrected chi connectivity index (χ0v) is 13.6. The van der Waals surface area contributed by atoms with Crippen molar-refractivity contribution in [1.82, 2.24) is 15.2 Å². The molecule has 2 amide bonds. The lowest BCUT2D eigenvalue weighted by Gasteiger charge is -2.26. The quantitative estimate of drug-likeness (QED) is 0.884. The molecule has 22 heavy (non-hydrogen) atoms. The summed E-state index contributed by atoms with van der Waals surface area (Å²) in [5.74, 6) is -0.382. The third kappa shape index (κ3) is 3.94. The van der Waals surface area contributed by atoms with Crippen LogP contribution in [-0.2, 0) is 11.3 Å². The summed E-state index contributed by atoms with van der Waals surface area (Å²) in [4.78, 5) is 30.4. The third-order valence-electron chi connectivity index (χ3n) is 3.22. The predicted molar refractivity (Wildman–Crippen MR) is 83.4 cm³/mol. The second kappa shape index (κ2) is 7.22. The number of aromatic nitrogens is 1. The van der Waals surface area contributed by atoms with Crippen molar-refractivity contribution in [2.45, 2.75) is 26.4 Å². The second-order valence-corrected chi connectivity index (χ2v) is 6.07. The van der Waals surface area contributed by atoms with Gasteiger partial charge in [0, 0.05) is 12.4 Å².